The van der Waals surface area contributed by atoms with E-state index in [1.54, 1.807) is 0 Å². The van der Waals surface area contributed by atoms with Gasteiger partial charge in [-0.3, -0.25) is 0 Å². The number of benzene rings is 1. The summed E-state index contributed by atoms with van der Waals surface area (Å²) < 4.78 is 0. The Morgan fingerprint density at radius 1 is 1.17 bits per heavy atom. The Labute approximate surface area is 80.4 Å². The molecular weight excluding hydrogens is 164 g/mol. The molecule has 0 saturated carbocycles. The minimum atomic E-state index is 0.170. The number of hydrogen-bond donors (Lipinski definition) is 0. The highest BCUT2D eigenvalue weighted by Gasteiger charge is 2.16. The van der Waals surface area contributed by atoms with Gasteiger partial charge in [0.15, 0.2) is 0 Å². The molecule has 0 fully saturated rings. The quantitative estimate of drug-likeness (QED) is 0.567. The molecule has 0 bridgehead atoms. The first kappa shape index (κ1) is 9.53. The Morgan fingerprint density at radius 2 is 1.75 bits per heavy atom. The van der Waals surface area contributed by atoms with Crippen molar-refractivity contribution in [2.24, 2.45) is 0 Å². The van der Waals surface area contributed by atoms with Gasteiger partial charge in [-0.15, -0.1) is 0 Å². The lowest BCUT2D eigenvalue weighted by Gasteiger charge is -2.20. The summed E-state index contributed by atoms with van der Waals surface area (Å²) in [5.41, 5.74) is 2.73. The van der Waals surface area contributed by atoms with Crippen molar-refractivity contribution in [1.82, 2.24) is 0 Å². The van der Waals surface area contributed by atoms with Crippen LogP contribution in [0.15, 0.2) is 23.1 Å². The Kier molecular flexibility index (Phi) is 2.43. The minimum Gasteiger partial charge on any atom is -0.0798 e. The highest BCUT2D eigenvalue weighted by Crippen LogP contribution is 2.28. The standard InChI is InChI=1S/C11H15S/c1-8-5-6-10(12)9(7-8)11(2,3)4/h5-7H,1-4H3. The van der Waals surface area contributed by atoms with Crippen molar-refractivity contribution in [3.8, 4) is 0 Å². The lowest BCUT2D eigenvalue weighted by Crippen LogP contribution is -2.12. The highest BCUT2D eigenvalue weighted by atomic mass is 32.1. The van der Waals surface area contributed by atoms with Gasteiger partial charge in [0.05, 0.1) is 0 Å². The predicted molar refractivity (Wildman–Crippen MR) is 55.7 cm³/mol. The third kappa shape index (κ3) is 1.98. The first-order valence-electron chi connectivity index (χ1n) is 4.19. The van der Waals surface area contributed by atoms with E-state index in [4.69, 9.17) is 12.6 Å². The molecule has 1 heteroatoms. The van der Waals surface area contributed by atoms with Crippen LogP contribution in [0.1, 0.15) is 31.9 Å². The van der Waals surface area contributed by atoms with Gasteiger partial charge in [-0.05, 0) is 24.0 Å². The second-order valence-electron chi connectivity index (χ2n) is 4.25. The normalized spacial score (nSPS) is 11.7. The molecule has 0 unspecified atom stereocenters. The third-order valence-corrected chi connectivity index (χ3v) is 2.30. The van der Waals surface area contributed by atoms with Gasteiger partial charge in [-0.25, -0.2) is 0 Å². The molecule has 1 radical (unpaired) electrons. The Balaban J connectivity index is 3.23. The lowest BCUT2D eigenvalue weighted by atomic mass is 9.86. The van der Waals surface area contributed by atoms with Crippen LogP contribution in [0.5, 0.6) is 0 Å². The van der Waals surface area contributed by atoms with Crippen molar-refractivity contribution >= 4 is 12.6 Å². The van der Waals surface area contributed by atoms with Gasteiger partial charge in [0.2, 0.25) is 0 Å². The van der Waals surface area contributed by atoms with E-state index in [9.17, 15) is 0 Å². The fourth-order valence-corrected chi connectivity index (χ4v) is 1.66. The van der Waals surface area contributed by atoms with Crippen LogP contribution in [0.2, 0.25) is 0 Å². The molecule has 12 heavy (non-hydrogen) atoms. The van der Waals surface area contributed by atoms with E-state index in [1.807, 2.05) is 6.07 Å². The van der Waals surface area contributed by atoms with Gasteiger partial charge in [-0.1, -0.05) is 51.1 Å². The molecule has 65 valence electrons. The van der Waals surface area contributed by atoms with Crippen molar-refractivity contribution in [3.05, 3.63) is 29.3 Å². The van der Waals surface area contributed by atoms with Crippen LogP contribution < -0.4 is 0 Å². The number of hydrogen-bond acceptors (Lipinski definition) is 0. The van der Waals surface area contributed by atoms with Crippen LogP contribution in [-0.4, -0.2) is 0 Å². The maximum absolute atomic E-state index is 5.26. The lowest BCUT2D eigenvalue weighted by molar-refractivity contribution is 0.577. The van der Waals surface area contributed by atoms with Gasteiger partial charge in [-0.2, -0.15) is 0 Å². The Morgan fingerprint density at radius 3 is 2.17 bits per heavy atom. The highest BCUT2D eigenvalue weighted by molar-refractivity contribution is 7.80. The first-order chi connectivity index (χ1) is 5.41. The number of aryl methyl sites for hydroxylation is 1. The van der Waals surface area contributed by atoms with E-state index in [2.05, 4.69) is 39.8 Å². The van der Waals surface area contributed by atoms with E-state index < -0.39 is 0 Å². The van der Waals surface area contributed by atoms with Crippen LogP contribution >= 0.6 is 12.6 Å². The van der Waals surface area contributed by atoms with Crippen LogP contribution in [0.4, 0.5) is 0 Å². The molecule has 0 aromatic heterocycles. The molecule has 0 nitrogen and oxygen atoms in total. The average molecular weight is 179 g/mol. The Bertz CT molecular complexity index is 282. The monoisotopic (exact) mass is 179 g/mol. The summed E-state index contributed by atoms with van der Waals surface area (Å²) in [5, 5.41) is 0. The molecule has 0 saturated heterocycles. The number of rotatable bonds is 0. The van der Waals surface area contributed by atoms with E-state index in [0.29, 0.717) is 0 Å². The maximum Gasteiger partial charge on any atom is 0.0414 e. The van der Waals surface area contributed by atoms with Gasteiger partial charge >= 0.3 is 0 Å². The van der Waals surface area contributed by atoms with Gasteiger partial charge in [0, 0.05) is 4.90 Å². The zero-order valence-electron chi connectivity index (χ0n) is 8.14. The molecule has 1 aromatic rings. The van der Waals surface area contributed by atoms with Crippen molar-refractivity contribution < 1.29 is 0 Å². The fraction of sp³-hybridized carbons (Fsp3) is 0.455. The summed E-state index contributed by atoms with van der Waals surface area (Å²) in [6.07, 6.45) is 0. The van der Waals surface area contributed by atoms with Crippen LogP contribution in [0.3, 0.4) is 0 Å². The van der Waals surface area contributed by atoms with Crippen LogP contribution in [0.25, 0.3) is 0 Å². The zero-order chi connectivity index (χ0) is 9.35. The van der Waals surface area contributed by atoms with E-state index in [1.165, 1.54) is 11.1 Å². The molecule has 0 aliphatic carbocycles. The van der Waals surface area contributed by atoms with Crippen molar-refractivity contribution in [2.75, 3.05) is 0 Å². The van der Waals surface area contributed by atoms with E-state index in [-0.39, 0.29) is 5.41 Å². The van der Waals surface area contributed by atoms with Crippen molar-refractivity contribution in [2.45, 2.75) is 38.0 Å². The van der Waals surface area contributed by atoms with Crippen LogP contribution in [0, 0.1) is 6.92 Å². The second-order valence-corrected chi connectivity index (χ2v) is 4.69. The SMILES string of the molecule is Cc1ccc([S])c(C(C)(C)C)c1. The van der Waals surface area contributed by atoms with Crippen molar-refractivity contribution in [3.63, 3.8) is 0 Å². The molecule has 1 rings (SSSR count). The molecule has 0 heterocycles. The van der Waals surface area contributed by atoms with E-state index >= 15 is 0 Å². The largest absolute Gasteiger partial charge is 0.0798 e. The second kappa shape index (κ2) is 3.06. The molecule has 0 aliphatic rings. The molecule has 0 aliphatic heterocycles. The molecule has 0 spiro atoms. The minimum absolute atomic E-state index is 0.170. The van der Waals surface area contributed by atoms with Crippen LogP contribution in [-0.2, 0) is 5.41 Å². The molecule has 0 amide bonds. The summed E-state index contributed by atoms with van der Waals surface area (Å²) in [6, 6.07) is 6.27. The molecular formula is C11H15S. The van der Waals surface area contributed by atoms with Gasteiger partial charge in [0.1, 0.15) is 0 Å². The maximum atomic E-state index is 5.26. The summed E-state index contributed by atoms with van der Waals surface area (Å²) in [7, 11) is 0. The van der Waals surface area contributed by atoms with Gasteiger partial charge in [0.25, 0.3) is 0 Å². The predicted octanol–water partition coefficient (Wildman–Crippen LogP) is 3.85. The van der Waals surface area contributed by atoms with E-state index in [0.717, 1.165) is 4.90 Å². The summed E-state index contributed by atoms with van der Waals surface area (Å²) in [5.74, 6) is 0. The first-order valence-corrected chi connectivity index (χ1v) is 4.60. The Hall–Kier alpha value is -0.560. The summed E-state index contributed by atoms with van der Waals surface area (Å²) in [6.45, 7) is 8.68. The fourth-order valence-electron chi connectivity index (χ4n) is 1.23. The average Bonchev–Trinajstić information content (AvgIpc) is 1.92. The molecule has 0 atom stereocenters. The van der Waals surface area contributed by atoms with Gasteiger partial charge < -0.3 is 0 Å². The van der Waals surface area contributed by atoms with Crippen molar-refractivity contribution in [1.29, 1.82) is 0 Å². The summed E-state index contributed by atoms with van der Waals surface area (Å²) in [4.78, 5) is 0.980. The smallest absolute Gasteiger partial charge is 0.0414 e. The molecule has 0 N–H and O–H groups in total. The third-order valence-electron chi connectivity index (χ3n) is 1.94. The topological polar surface area (TPSA) is 0 Å². The molecule has 1 aromatic carbocycles. The summed E-state index contributed by atoms with van der Waals surface area (Å²) >= 11 is 5.26. The zero-order valence-corrected chi connectivity index (χ0v) is 8.96.